The van der Waals surface area contributed by atoms with Crippen LogP contribution in [0.15, 0.2) is 66.7 Å². The molecule has 1 unspecified atom stereocenters. The Bertz CT molecular complexity index is 1310. The second-order valence-corrected chi connectivity index (χ2v) is 9.51. The Hall–Kier alpha value is -3.54. The lowest BCUT2D eigenvalue weighted by atomic mass is 9.77. The van der Waals surface area contributed by atoms with Crippen molar-refractivity contribution in [2.45, 2.75) is 24.9 Å². The average molecular weight is 519 g/mol. The van der Waals surface area contributed by atoms with Crippen molar-refractivity contribution >= 4 is 29.0 Å². The van der Waals surface area contributed by atoms with Crippen LogP contribution in [-0.2, 0) is 16.0 Å². The highest BCUT2D eigenvalue weighted by Gasteiger charge is 2.44. The van der Waals surface area contributed by atoms with Gasteiger partial charge >= 0.3 is 0 Å². The van der Waals surface area contributed by atoms with Crippen LogP contribution in [0.1, 0.15) is 34.3 Å². The third kappa shape index (κ3) is 6.07. The van der Waals surface area contributed by atoms with E-state index in [0.717, 1.165) is 16.7 Å². The Morgan fingerprint density at radius 3 is 2.22 bits per heavy atom. The molecule has 7 nitrogen and oxygen atoms in total. The third-order valence-corrected chi connectivity index (χ3v) is 7.06. The van der Waals surface area contributed by atoms with Crippen LogP contribution in [0.3, 0.4) is 0 Å². The Balaban J connectivity index is 1.55. The number of amides is 1. The second-order valence-electron chi connectivity index (χ2n) is 9.10. The molecule has 3 N–H and O–H groups in total. The van der Waals surface area contributed by atoms with Crippen LogP contribution < -0.4 is 5.32 Å². The number of halogens is 1. The molecule has 0 aromatic heterocycles. The molecule has 3 aromatic carbocycles. The van der Waals surface area contributed by atoms with Gasteiger partial charge in [0.05, 0.1) is 10.6 Å². The van der Waals surface area contributed by atoms with Crippen molar-refractivity contribution in [1.29, 1.82) is 5.26 Å². The summed E-state index contributed by atoms with van der Waals surface area (Å²) < 4.78 is 5.45. The molecule has 3 aromatic rings. The zero-order valence-corrected chi connectivity index (χ0v) is 20.9. The first-order chi connectivity index (χ1) is 17.8. The summed E-state index contributed by atoms with van der Waals surface area (Å²) in [5, 5.41) is 32.9. The molecular formula is C29H27ClN2O5. The number of carbonyl (C=O) groups is 2. The molecule has 190 valence electrons. The molecule has 0 spiro atoms. The number of rotatable bonds is 8. The van der Waals surface area contributed by atoms with Gasteiger partial charge in [0.25, 0.3) is 5.91 Å². The van der Waals surface area contributed by atoms with Crippen LogP contribution in [-0.4, -0.2) is 47.3 Å². The van der Waals surface area contributed by atoms with Gasteiger partial charge in [-0.1, -0.05) is 60.1 Å². The van der Waals surface area contributed by atoms with E-state index in [4.69, 9.17) is 26.7 Å². The number of ketones is 1. The molecule has 37 heavy (non-hydrogen) atoms. The number of ether oxygens (including phenoxy) is 1. The highest BCUT2D eigenvalue weighted by Crippen LogP contribution is 2.33. The van der Waals surface area contributed by atoms with Gasteiger partial charge in [-0.3, -0.25) is 9.59 Å². The summed E-state index contributed by atoms with van der Waals surface area (Å²) in [5.41, 5.74) is 2.07. The number of benzene rings is 3. The molecule has 1 fully saturated rings. The first kappa shape index (κ1) is 26.5. The van der Waals surface area contributed by atoms with Gasteiger partial charge in [0.2, 0.25) is 0 Å². The first-order valence-electron chi connectivity index (χ1n) is 12.0. The number of carbonyl (C=O) groups excluding carboxylic acids is 2. The molecule has 1 saturated heterocycles. The van der Waals surface area contributed by atoms with Crippen LogP contribution >= 0.6 is 11.6 Å². The number of aliphatic hydroxyl groups is 2. The maximum absolute atomic E-state index is 13.4. The van der Waals surface area contributed by atoms with Crippen molar-refractivity contribution in [3.8, 4) is 17.2 Å². The molecule has 1 heterocycles. The fraction of sp³-hybridized carbons (Fsp3) is 0.276. The average Bonchev–Trinajstić information content (AvgIpc) is 2.93. The number of hydrogen-bond acceptors (Lipinski definition) is 6. The Morgan fingerprint density at radius 2 is 1.65 bits per heavy atom. The van der Waals surface area contributed by atoms with Crippen molar-refractivity contribution in [2.24, 2.45) is 5.92 Å². The van der Waals surface area contributed by atoms with E-state index < -0.39 is 18.1 Å². The van der Waals surface area contributed by atoms with E-state index in [-0.39, 0.29) is 23.1 Å². The van der Waals surface area contributed by atoms with Crippen molar-refractivity contribution in [3.63, 3.8) is 0 Å². The Morgan fingerprint density at radius 1 is 1.03 bits per heavy atom. The molecule has 0 bridgehead atoms. The number of Topliss-reactive ketones (excluding diaryl/α,β-unsaturated/α-hetero) is 1. The molecule has 1 aliphatic heterocycles. The van der Waals surface area contributed by atoms with Crippen molar-refractivity contribution in [3.05, 3.63) is 88.4 Å². The van der Waals surface area contributed by atoms with Gasteiger partial charge in [0, 0.05) is 36.8 Å². The van der Waals surface area contributed by atoms with E-state index in [1.165, 1.54) is 12.1 Å². The van der Waals surface area contributed by atoms with Crippen LogP contribution in [0, 0.1) is 17.2 Å². The van der Waals surface area contributed by atoms with E-state index in [1.54, 1.807) is 18.2 Å². The summed E-state index contributed by atoms with van der Waals surface area (Å²) in [6.07, 6.45) is 1.21. The number of anilines is 1. The Kier molecular flexibility index (Phi) is 8.37. The van der Waals surface area contributed by atoms with Gasteiger partial charge < -0.3 is 20.3 Å². The highest BCUT2D eigenvalue weighted by molar-refractivity contribution is 6.32. The Labute approximate surface area is 220 Å². The van der Waals surface area contributed by atoms with Gasteiger partial charge in [-0.2, -0.15) is 5.26 Å². The molecule has 0 aliphatic carbocycles. The maximum atomic E-state index is 13.4. The maximum Gasteiger partial charge on any atom is 0.256 e. The number of aliphatic hydroxyl groups excluding tert-OH is 1. The smallest absolute Gasteiger partial charge is 0.256 e. The fourth-order valence-electron chi connectivity index (χ4n) is 4.57. The summed E-state index contributed by atoms with van der Waals surface area (Å²) in [7, 11) is 0. The molecule has 1 atom stereocenters. The lowest BCUT2D eigenvalue weighted by Crippen LogP contribution is -2.52. The standard InChI is InChI=1S/C29H27ClN2O5/c30-26-15-25(10-9-23(26)17-31)32-28(35)29(36,24-11-13-37-14-12-24)16-19-1-3-20(4-2-19)21-5-7-22(8-6-21)27(34)18-33/h1-10,15,24,33,36H,11-14,16,18H2,(H,32,35). The van der Waals surface area contributed by atoms with Crippen LogP contribution in [0.2, 0.25) is 5.02 Å². The summed E-state index contributed by atoms with van der Waals surface area (Å²) in [5.74, 6) is -1.17. The van der Waals surface area contributed by atoms with E-state index in [0.29, 0.717) is 42.9 Å². The lowest BCUT2D eigenvalue weighted by Gasteiger charge is -2.37. The predicted molar refractivity (Wildman–Crippen MR) is 140 cm³/mol. The highest BCUT2D eigenvalue weighted by atomic mass is 35.5. The monoisotopic (exact) mass is 518 g/mol. The largest absolute Gasteiger partial charge is 0.388 e. The minimum atomic E-state index is -1.68. The van der Waals surface area contributed by atoms with Crippen LogP contribution in [0.5, 0.6) is 0 Å². The number of nitrogens with one attached hydrogen (secondary N) is 1. The topological polar surface area (TPSA) is 120 Å². The molecule has 8 heteroatoms. The predicted octanol–water partition coefficient (Wildman–Crippen LogP) is 4.39. The number of nitrogens with zero attached hydrogens (tertiary/aromatic N) is 1. The molecule has 1 amide bonds. The minimum Gasteiger partial charge on any atom is -0.388 e. The van der Waals surface area contributed by atoms with Crippen molar-refractivity contribution < 1.29 is 24.5 Å². The zero-order chi connectivity index (χ0) is 26.4. The zero-order valence-electron chi connectivity index (χ0n) is 20.1. The van der Waals surface area contributed by atoms with E-state index in [2.05, 4.69) is 5.32 Å². The third-order valence-electron chi connectivity index (χ3n) is 6.75. The normalized spacial score (nSPS) is 15.4. The van der Waals surface area contributed by atoms with Crippen molar-refractivity contribution in [2.75, 3.05) is 25.1 Å². The molecule has 1 aliphatic rings. The SMILES string of the molecule is N#Cc1ccc(NC(=O)C(O)(Cc2ccc(-c3ccc(C(=O)CO)cc3)cc2)C2CCOCC2)cc1Cl. The van der Waals surface area contributed by atoms with Crippen LogP contribution in [0.25, 0.3) is 11.1 Å². The molecule has 0 saturated carbocycles. The van der Waals surface area contributed by atoms with Gasteiger partial charge in [-0.15, -0.1) is 0 Å². The van der Waals surface area contributed by atoms with Gasteiger partial charge in [0.1, 0.15) is 18.3 Å². The van der Waals surface area contributed by atoms with Crippen molar-refractivity contribution in [1.82, 2.24) is 0 Å². The quantitative estimate of drug-likeness (QED) is 0.380. The van der Waals surface area contributed by atoms with Gasteiger partial charge in [-0.25, -0.2) is 0 Å². The van der Waals surface area contributed by atoms with E-state index >= 15 is 0 Å². The molecule has 4 rings (SSSR count). The first-order valence-corrected chi connectivity index (χ1v) is 12.4. The summed E-state index contributed by atoms with van der Waals surface area (Å²) in [6.45, 7) is 0.406. The summed E-state index contributed by atoms with van der Waals surface area (Å²) >= 11 is 6.12. The van der Waals surface area contributed by atoms with Gasteiger partial charge in [0.15, 0.2) is 5.78 Å². The number of nitriles is 1. The summed E-state index contributed by atoms with van der Waals surface area (Å²) in [4.78, 5) is 25.1. The second kappa shape index (κ2) is 11.7. The lowest BCUT2D eigenvalue weighted by molar-refractivity contribution is -0.144. The fourth-order valence-corrected chi connectivity index (χ4v) is 4.80. The minimum absolute atomic E-state index is 0.109. The van der Waals surface area contributed by atoms with E-state index in [9.17, 15) is 14.7 Å². The van der Waals surface area contributed by atoms with E-state index in [1.807, 2.05) is 42.5 Å². The molecular weight excluding hydrogens is 492 g/mol. The number of hydrogen-bond donors (Lipinski definition) is 3. The molecule has 0 radical (unpaired) electrons. The summed E-state index contributed by atoms with van der Waals surface area (Å²) in [6, 6.07) is 21.1. The van der Waals surface area contributed by atoms with Gasteiger partial charge in [-0.05, 0) is 47.7 Å². The van der Waals surface area contributed by atoms with Crippen LogP contribution in [0.4, 0.5) is 5.69 Å².